The molecule has 1 aliphatic rings. The van der Waals surface area contributed by atoms with Crippen molar-refractivity contribution in [1.82, 2.24) is 0 Å². The van der Waals surface area contributed by atoms with Crippen LogP contribution in [0.2, 0.25) is 0 Å². The number of aryl methyl sites for hydroxylation is 1. The maximum Gasteiger partial charge on any atom is 0.0429 e. The van der Waals surface area contributed by atoms with Crippen LogP contribution in [0.4, 0.5) is 5.69 Å². The molecule has 1 atom stereocenters. The Morgan fingerprint density at radius 1 is 1.19 bits per heavy atom. The first-order valence-electron chi connectivity index (χ1n) is 8.16. The predicted octanol–water partition coefficient (Wildman–Crippen LogP) is 6.35. The summed E-state index contributed by atoms with van der Waals surface area (Å²) in [5, 5.41) is 0. The van der Waals surface area contributed by atoms with Crippen molar-refractivity contribution in [3.8, 4) is 0 Å². The first kappa shape index (κ1) is 21.8. The fourth-order valence-corrected chi connectivity index (χ4v) is 2.34. The SMILES string of the molecule is C=C/C=C\C.CC.CC.Cc1cccc2c1N(C)CC2C. The van der Waals surface area contributed by atoms with Crippen LogP contribution in [-0.2, 0) is 0 Å². The van der Waals surface area contributed by atoms with Gasteiger partial charge in [0.25, 0.3) is 0 Å². The van der Waals surface area contributed by atoms with Crippen LogP contribution < -0.4 is 4.90 Å². The maximum absolute atomic E-state index is 3.46. The van der Waals surface area contributed by atoms with Crippen LogP contribution in [0.1, 0.15) is 58.6 Å². The molecule has 0 N–H and O–H groups in total. The van der Waals surface area contributed by atoms with E-state index in [1.807, 2.05) is 46.8 Å². The Kier molecular flexibility index (Phi) is 14.0. The van der Waals surface area contributed by atoms with Crippen molar-refractivity contribution < 1.29 is 0 Å². The molecule has 1 nitrogen and oxygen atoms in total. The summed E-state index contributed by atoms with van der Waals surface area (Å²) in [6, 6.07) is 6.59. The monoisotopic (exact) mass is 289 g/mol. The molecule has 1 aromatic rings. The van der Waals surface area contributed by atoms with Crippen LogP contribution in [0.3, 0.4) is 0 Å². The lowest BCUT2D eigenvalue weighted by atomic mass is 10.0. The fraction of sp³-hybridized carbons (Fsp3) is 0.500. The van der Waals surface area contributed by atoms with E-state index in [0.717, 1.165) is 0 Å². The van der Waals surface area contributed by atoms with Gasteiger partial charge in [0.15, 0.2) is 0 Å². The van der Waals surface area contributed by atoms with Crippen LogP contribution in [0.15, 0.2) is 43.0 Å². The molecule has 1 aromatic carbocycles. The largest absolute Gasteiger partial charge is 0.374 e. The molecule has 1 aliphatic heterocycles. The Morgan fingerprint density at radius 2 is 1.76 bits per heavy atom. The molecule has 0 saturated carbocycles. The highest BCUT2D eigenvalue weighted by atomic mass is 15.1. The van der Waals surface area contributed by atoms with Crippen LogP contribution >= 0.6 is 0 Å². The molecule has 0 fully saturated rings. The van der Waals surface area contributed by atoms with Gasteiger partial charge >= 0.3 is 0 Å². The molecule has 21 heavy (non-hydrogen) atoms. The van der Waals surface area contributed by atoms with Gasteiger partial charge < -0.3 is 4.90 Å². The highest BCUT2D eigenvalue weighted by Gasteiger charge is 2.23. The normalized spacial score (nSPS) is 14.9. The number of para-hydroxylation sites is 1. The molecular weight excluding hydrogens is 254 g/mol. The zero-order chi connectivity index (χ0) is 16.8. The van der Waals surface area contributed by atoms with Gasteiger partial charge in [-0.3, -0.25) is 0 Å². The number of nitrogens with zero attached hydrogens (tertiary/aromatic N) is 1. The van der Waals surface area contributed by atoms with E-state index in [2.05, 4.69) is 50.6 Å². The number of hydrogen-bond acceptors (Lipinski definition) is 1. The lowest BCUT2D eigenvalue weighted by molar-refractivity contribution is 0.796. The molecule has 1 heteroatoms. The first-order valence-corrected chi connectivity index (χ1v) is 8.16. The Labute approximate surface area is 133 Å². The number of rotatable bonds is 1. The van der Waals surface area contributed by atoms with Crippen molar-refractivity contribution in [2.75, 3.05) is 18.5 Å². The summed E-state index contributed by atoms with van der Waals surface area (Å²) in [4.78, 5) is 2.36. The minimum Gasteiger partial charge on any atom is -0.374 e. The predicted molar refractivity (Wildman–Crippen MR) is 101 cm³/mol. The molecule has 0 amide bonds. The summed E-state index contributed by atoms with van der Waals surface area (Å²) in [7, 11) is 2.18. The minimum atomic E-state index is 0.699. The van der Waals surface area contributed by atoms with E-state index in [0.29, 0.717) is 5.92 Å². The van der Waals surface area contributed by atoms with Gasteiger partial charge in [-0.1, -0.05) is 77.6 Å². The van der Waals surface area contributed by atoms with Crippen molar-refractivity contribution in [1.29, 1.82) is 0 Å². The van der Waals surface area contributed by atoms with E-state index in [1.165, 1.54) is 23.4 Å². The third-order valence-electron chi connectivity index (χ3n) is 3.06. The molecular formula is C20H35N. The zero-order valence-electron chi connectivity index (χ0n) is 15.4. The zero-order valence-corrected chi connectivity index (χ0v) is 15.4. The second-order valence-electron chi connectivity index (χ2n) is 4.56. The second-order valence-corrected chi connectivity index (χ2v) is 4.56. The number of hydrogen-bond donors (Lipinski definition) is 0. The molecule has 2 rings (SSSR count). The Morgan fingerprint density at radius 3 is 2.14 bits per heavy atom. The average molecular weight is 290 g/mol. The molecule has 120 valence electrons. The number of benzene rings is 1. The first-order chi connectivity index (χ1) is 10.1. The second kappa shape index (κ2) is 13.5. The van der Waals surface area contributed by atoms with Gasteiger partial charge in [-0.05, 0) is 25.0 Å². The molecule has 0 aromatic heterocycles. The maximum atomic E-state index is 3.46. The standard InChI is InChI=1S/C11H15N.C5H8.2C2H6/c1-8-5-4-6-10-9(2)7-12(3)11(8)10;1-3-5-4-2;2*1-2/h4-6,9H,7H2,1-3H3;3-5H,1H2,2H3;2*1-2H3/b;5-4-;;. The fourth-order valence-electron chi connectivity index (χ4n) is 2.34. The van der Waals surface area contributed by atoms with Crippen molar-refractivity contribution in [2.24, 2.45) is 0 Å². The van der Waals surface area contributed by atoms with Crippen molar-refractivity contribution in [3.05, 3.63) is 54.1 Å². The topological polar surface area (TPSA) is 3.24 Å². The summed E-state index contributed by atoms with van der Waals surface area (Å²) in [6.45, 7) is 19.1. The van der Waals surface area contributed by atoms with E-state index in [-0.39, 0.29) is 0 Å². The molecule has 1 heterocycles. The summed E-state index contributed by atoms with van der Waals surface area (Å²) in [5.41, 5.74) is 4.36. The van der Waals surface area contributed by atoms with Crippen LogP contribution in [0, 0.1) is 6.92 Å². The average Bonchev–Trinajstić information content (AvgIpc) is 2.81. The lowest BCUT2D eigenvalue weighted by Gasteiger charge is -2.14. The van der Waals surface area contributed by atoms with Crippen molar-refractivity contribution in [2.45, 2.75) is 54.4 Å². The number of allylic oxidation sites excluding steroid dienone is 3. The lowest BCUT2D eigenvalue weighted by Crippen LogP contribution is -2.14. The van der Waals surface area contributed by atoms with E-state index < -0.39 is 0 Å². The van der Waals surface area contributed by atoms with Crippen LogP contribution in [0.25, 0.3) is 0 Å². The summed E-state index contributed by atoms with van der Waals surface area (Å²) in [5.74, 6) is 0.699. The van der Waals surface area contributed by atoms with E-state index >= 15 is 0 Å². The smallest absolute Gasteiger partial charge is 0.0429 e. The third-order valence-corrected chi connectivity index (χ3v) is 3.06. The molecule has 0 aliphatic carbocycles. The number of anilines is 1. The summed E-state index contributed by atoms with van der Waals surface area (Å²) < 4.78 is 0. The van der Waals surface area contributed by atoms with E-state index in [4.69, 9.17) is 0 Å². The van der Waals surface area contributed by atoms with Gasteiger partial charge in [0.05, 0.1) is 0 Å². The third kappa shape index (κ3) is 7.17. The Balaban J connectivity index is 0. The van der Waals surface area contributed by atoms with Gasteiger partial charge in [0.2, 0.25) is 0 Å². The van der Waals surface area contributed by atoms with Crippen LogP contribution in [0.5, 0.6) is 0 Å². The quantitative estimate of drug-likeness (QED) is 0.544. The molecule has 0 spiro atoms. The van der Waals surface area contributed by atoms with Crippen molar-refractivity contribution in [3.63, 3.8) is 0 Å². The highest BCUT2D eigenvalue weighted by molar-refractivity contribution is 5.64. The van der Waals surface area contributed by atoms with E-state index in [9.17, 15) is 0 Å². The number of likely N-dealkylation sites (N-methyl/N-ethyl adjacent to an activating group) is 1. The molecule has 0 saturated heterocycles. The van der Waals surface area contributed by atoms with Crippen LogP contribution in [-0.4, -0.2) is 13.6 Å². The molecule has 0 bridgehead atoms. The van der Waals surface area contributed by atoms with E-state index in [1.54, 1.807) is 6.08 Å². The van der Waals surface area contributed by atoms with Gasteiger partial charge in [-0.25, -0.2) is 0 Å². The Bertz CT molecular complexity index is 404. The minimum absolute atomic E-state index is 0.699. The van der Waals surface area contributed by atoms with Gasteiger partial charge in [-0.2, -0.15) is 0 Å². The molecule has 1 unspecified atom stereocenters. The van der Waals surface area contributed by atoms with Gasteiger partial charge in [0.1, 0.15) is 0 Å². The van der Waals surface area contributed by atoms with Gasteiger partial charge in [-0.15, -0.1) is 0 Å². The molecule has 0 radical (unpaired) electrons. The number of fused-ring (bicyclic) bond motifs is 1. The summed E-state index contributed by atoms with van der Waals surface area (Å²) >= 11 is 0. The van der Waals surface area contributed by atoms with Gasteiger partial charge in [0, 0.05) is 25.2 Å². The highest BCUT2D eigenvalue weighted by Crippen LogP contribution is 2.36. The Hall–Kier alpha value is -1.50. The summed E-state index contributed by atoms with van der Waals surface area (Å²) in [6.07, 6.45) is 5.58. The van der Waals surface area contributed by atoms with Crippen molar-refractivity contribution >= 4 is 5.69 Å².